The highest BCUT2D eigenvalue weighted by molar-refractivity contribution is 8.18. The molecule has 0 bridgehead atoms. The molecule has 0 atom stereocenters. The molecule has 1 N–H and O–H groups in total. The Morgan fingerprint density at radius 3 is 2.36 bits per heavy atom. The lowest BCUT2D eigenvalue weighted by molar-refractivity contribution is -0.127. The number of aryl methyl sites for hydroxylation is 4. The number of rotatable bonds is 4. The Morgan fingerprint density at radius 1 is 1.04 bits per heavy atom. The van der Waals surface area contributed by atoms with E-state index in [1.807, 2.05) is 58.0 Å². The van der Waals surface area contributed by atoms with Crippen molar-refractivity contribution in [2.75, 3.05) is 11.9 Å². The van der Waals surface area contributed by atoms with Crippen LogP contribution >= 0.6 is 11.8 Å². The maximum absolute atomic E-state index is 12.7. The predicted molar refractivity (Wildman–Crippen MR) is 113 cm³/mol. The van der Waals surface area contributed by atoms with E-state index >= 15 is 0 Å². The van der Waals surface area contributed by atoms with Gasteiger partial charge < -0.3 is 5.32 Å². The Kier molecular flexibility index (Phi) is 5.70. The molecule has 2 aromatic rings. The second kappa shape index (κ2) is 8.02. The van der Waals surface area contributed by atoms with E-state index in [1.165, 1.54) is 0 Å². The number of nitrogens with zero attached hydrogens (tertiary/aromatic N) is 1. The fourth-order valence-electron chi connectivity index (χ4n) is 3.25. The summed E-state index contributed by atoms with van der Waals surface area (Å²) in [5, 5.41) is 2.29. The summed E-state index contributed by atoms with van der Waals surface area (Å²) in [5.41, 5.74) is 5.81. The number of anilines is 1. The number of nitrogens with one attached hydrogen (secondary N) is 1. The average Bonchev–Trinajstić information content (AvgIpc) is 2.85. The van der Waals surface area contributed by atoms with Gasteiger partial charge in [-0.25, -0.2) is 0 Å². The summed E-state index contributed by atoms with van der Waals surface area (Å²) in [4.78, 5) is 38.6. The number of thioether (sulfide) groups is 1. The zero-order valence-corrected chi connectivity index (χ0v) is 17.1. The van der Waals surface area contributed by atoms with Crippen LogP contribution in [-0.4, -0.2) is 28.5 Å². The first kappa shape index (κ1) is 19.9. The van der Waals surface area contributed by atoms with Crippen molar-refractivity contribution in [2.45, 2.75) is 27.7 Å². The second-order valence-corrected chi connectivity index (χ2v) is 7.99. The molecule has 0 saturated carbocycles. The lowest BCUT2D eigenvalue weighted by Gasteiger charge is -2.13. The van der Waals surface area contributed by atoms with Gasteiger partial charge in [0.1, 0.15) is 6.54 Å². The first-order valence-electron chi connectivity index (χ1n) is 8.94. The lowest BCUT2D eigenvalue weighted by atomic mass is 9.99. The smallest absolute Gasteiger partial charge is 0.294 e. The summed E-state index contributed by atoms with van der Waals surface area (Å²) in [6, 6.07) is 11.4. The van der Waals surface area contributed by atoms with Gasteiger partial charge >= 0.3 is 0 Å². The van der Waals surface area contributed by atoms with Crippen molar-refractivity contribution >= 4 is 40.6 Å². The van der Waals surface area contributed by atoms with Gasteiger partial charge in [0.2, 0.25) is 5.91 Å². The highest BCUT2D eigenvalue weighted by atomic mass is 32.2. The summed E-state index contributed by atoms with van der Waals surface area (Å²) >= 11 is 0.868. The molecule has 0 aliphatic carbocycles. The van der Waals surface area contributed by atoms with Crippen molar-refractivity contribution in [1.82, 2.24) is 4.90 Å². The first-order valence-corrected chi connectivity index (χ1v) is 9.76. The van der Waals surface area contributed by atoms with Crippen LogP contribution < -0.4 is 5.32 Å². The van der Waals surface area contributed by atoms with E-state index < -0.39 is 17.1 Å². The van der Waals surface area contributed by atoms with Crippen LogP contribution in [0.1, 0.15) is 27.8 Å². The Bertz CT molecular complexity index is 988. The van der Waals surface area contributed by atoms with Gasteiger partial charge in [-0.1, -0.05) is 29.8 Å². The van der Waals surface area contributed by atoms with Crippen molar-refractivity contribution in [3.05, 3.63) is 69.1 Å². The third kappa shape index (κ3) is 4.34. The number of carbonyl (C=O) groups is 3. The maximum atomic E-state index is 12.7. The van der Waals surface area contributed by atoms with Crippen LogP contribution in [0, 0.1) is 27.7 Å². The molecule has 1 saturated heterocycles. The first-order chi connectivity index (χ1) is 13.2. The maximum Gasteiger partial charge on any atom is 0.294 e. The lowest BCUT2D eigenvalue weighted by Crippen LogP contribution is -2.36. The number of benzene rings is 2. The Labute approximate surface area is 168 Å². The average molecular weight is 394 g/mol. The van der Waals surface area contributed by atoms with Crippen LogP contribution in [-0.2, 0) is 9.59 Å². The van der Waals surface area contributed by atoms with Crippen molar-refractivity contribution in [3.8, 4) is 0 Å². The molecule has 1 aliphatic heterocycles. The summed E-state index contributed by atoms with van der Waals surface area (Å²) < 4.78 is 0. The normalized spacial score (nSPS) is 15.4. The number of carbonyl (C=O) groups excluding carboxylic acids is 3. The van der Waals surface area contributed by atoms with Crippen molar-refractivity contribution < 1.29 is 14.4 Å². The van der Waals surface area contributed by atoms with Gasteiger partial charge in [-0.3, -0.25) is 19.3 Å². The number of imide groups is 1. The summed E-state index contributed by atoms with van der Waals surface area (Å²) in [7, 11) is 0. The van der Waals surface area contributed by atoms with E-state index in [0.717, 1.165) is 44.5 Å². The molecule has 1 heterocycles. The molecular weight excluding hydrogens is 372 g/mol. The summed E-state index contributed by atoms with van der Waals surface area (Å²) in [6.07, 6.45) is 1.74. The van der Waals surface area contributed by atoms with Crippen LogP contribution in [0.15, 0.2) is 41.3 Å². The fraction of sp³-hybridized carbons (Fsp3) is 0.227. The van der Waals surface area contributed by atoms with Crippen LogP contribution in [0.2, 0.25) is 0 Å². The van der Waals surface area contributed by atoms with Crippen LogP contribution in [0.25, 0.3) is 6.08 Å². The van der Waals surface area contributed by atoms with Crippen LogP contribution in [0.3, 0.4) is 0 Å². The molecule has 28 heavy (non-hydrogen) atoms. The Hall–Kier alpha value is -2.86. The topological polar surface area (TPSA) is 66.5 Å². The Morgan fingerprint density at radius 2 is 1.71 bits per heavy atom. The van der Waals surface area contributed by atoms with Crippen molar-refractivity contribution in [2.24, 2.45) is 0 Å². The minimum atomic E-state index is -0.436. The highest BCUT2D eigenvalue weighted by Gasteiger charge is 2.36. The minimum absolute atomic E-state index is 0.304. The molecule has 3 rings (SSSR count). The zero-order chi connectivity index (χ0) is 20.4. The van der Waals surface area contributed by atoms with E-state index in [1.54, 1.807) is 12.1 Å². The Balaban J connectivity index is 1.76. The molecule has 0 aromatic heterocycles. The SMILES string of the molecule is Cc1cccc(NC(=O)CN2C(=O)S/C(=C\c3c(C)cc(C)cc3C)C2=O)c1. The highest BCUT2D eigenvalue weighted by Crippen LogP contribution is 2.33. The van der Waals surface area contributed by atoms with E-state index in [2.05, 4.69) is 5.32 Å². The monoisotopic (exact) mass is 394 g/mol. The predicted octanol–water partition coefficient (Wildman–Crippen LogP) is 4.60. The molecule has 0 unspecified atom stereocenters. The third-order valence-electron chi connectivity index (χ3n) is 4.49. The summed E-state index contributed by atoms with van der Waals surface area (Å²) in [5.74, 6) is -0.842. The molecule has 144 valence electrons. The fourth-order valence-corrected chi connectivity index (χ4v) is 4.07. The molecule has 3 amide bonds. The van der Waals surface area contributed by atoms with Gasteiger partial charge in [0, 0.05) is 5.69 Å². The number of hydrogen-bond acceptors (Lipinski definition) is 4. The van der Waals surface area contributed by atoms with Gasteiger partial charge in [-0.2, -0.15) is 0 Å². The molecule has 0 radical (unpaired) electrons. The van der Waals surface area contributed by atoms with Gasteiger partial charge in [-0.05, 0) is 79.9 Å². The summed E-state index contributed by atoms with van der Waals surface area (Å²) in [6.45, 7) is 7.59. The molecule has 1 aliphatic rings. The molecule has 5 nitrogen and oxygen atoms in total. The largest absolute Gasteiger partial charge is 0.325 e. The third-order valence-corrected chi connectivity index (χ3v) is 5.40. The van der Waals surface area contributed by atoms with Crippen LogP contribution in [0.5, 0.6) is 0 Å². The van der Waals surface area contributed by atoms with Gasteiger partial charge in [-0.15, -0.1) is 0 Å². The van der Waals surface area contributed by atoms with E-state index in [4.69, 9.17) is 0 Å². The number of amides is 3. The zero-order valence-electron chi connectivity index (χ0n) is 16.3. The van der Waals surface area contributed by atoms with E-state index in [-0.39, 0.29) is 6.54 Å². The second-order valence-electron chi connectivity index (χ2n) is 7.00. The van der Waals surface area contributed by atoms with Gasteiger partial charge in [0.05, 0.1) is 4.91 Å². The van der Waals surface area contributed by atoms with Crippen molar-refractivity contribution in [1.29, 1.82) is 0 Å². The molecule has 6 heteroatoms. The van der Waals surface area contributed by atoms with E-state index in [9.17, 15) is 14.4 Å². The van der Waals surface area contributed by atoms with E-state index in [0.29, 0.717) is 10.6 Å². The minimum Gasteiger partial charge on any atom is -0.325 e. The molecular formula is C22H22N2O3S. The van der Waals surface area contributed by atoms with Crippen LogP contribution in [0.4, 0.5) is 10.5 Å². The number of hydrogen-bond donors (Lipinski definition) is 1. The van der Waals surface area contributed by atoms with Crippen molar-refractivity contribution in [3.63, 3.8) is 0 Å². The van der Waals surface area contributed by atoms with Gasteiger partial charge in [0.15, 0.2) is 0 Å². The standard InChI is InChI=1S/C22H22N2O3S/c1-13-6-5-7-17(10-13)23-20(25)12-24-21(26)19(28-22(24)27)11-18-15(3)8-14(2)9-16(18)4/h5-11H,12H2,1-4H3,(H,23,25)/b19-11-. The quantitative estimate of drug-likeness (QED) is 0.770. The van der Waals surface area contributed by atoms with Gasteiger partial charge in [0.25, 0.3) is 11.1 Å². The molecule has 1 fully saturated rings. The molecule has 0 spiro atoms. The molecule has 2 aromatic carbocycles.